The molecule has 0 atom stereocenters. The molecule has 0 saturated heterocycles. The third-order valence-electron chi connectivity index (χ3n) is 4.99. The molecule has 10 heteroatoms. The van der Waals surface area contributed by atoms with Gasteiger partial charge in [-0.1, -0.05) is 18.2 Å². The Bertz CT molecular complexity index is 1470. The van der Waals surface area contributed by atoms with Crippen LogP contribution in [0, 0.1) is 0 Å². The second-order valence-corrected chi connectivity index (χ2v) is 8.38. The number of anilines is 1. The van der Waals surface area contributed by atoms with Crippen LogP contribution in [0.1, 0.15) is 23.0 Å². The zero-order valence-corrected chi connectivity index (χ0v) is 19.3. The standard InChI is InChI=1S/C25H19N5O4S/c1-15(31)26-13-19-11-12-21(33-19)20-14-35-25(27-20)28-22(32)16-7-9-18(10-8-16)24-30-29-23(34-24)17-5-3-2-4-6-17/h2-12,14H,13H2,1H3,(H,26,31)(H,27,28,32). The van der Waals surface area contributed by atoms with E-state index in [0.717, 1.165) is 5.56 Å². The molecule has 5 aromatic rings. The summed E-state index contributed by atoms with van der Waals surface area (Å²) >= 11 is 1.29. The third kappa shape index (κ3) is 5.17. The minimum Gasteiger partial charge on any atom is -0.458 e. The lowest BCUT2D eigenvalue weighted by atomic mass is 10.1. The Hall–Kier alpha value is -4.57. The Labute approximate surface area is 203 Å². The Morgan fingerprint density at radius 2 is 1.60 bits per heavy atom. The molecule has 0 spiro atoms. The number of furan rings is 1. The highest BCUT2D eigenvalue weighted by molar-refractivity contribution is 7.14. The second-order valence-electron chi connectivity index (χ2n) is 7.52. The number of amides is 2. The van der Waals surface area contributed by atoms with Crippen molar-refractivity contribution in [3.63, 3.8) is 0 Å². The van der Waals surface area contributed by atoms with E-state index in [1.165, 1.54) is 18.3 Å². The van der Waals surface area contributed by atoms with Gasteiger partial charge in [-0.05, 0) is 48.5 Å². The van der Waals surface area contributed by atoms with Crippen LogP contribution in [0.3, 0.4) is 0 Å². The van der Waals surface area contributed by atoms with E-state index in [1.807, 2.05) is 30.3 Å². The summed E-state index contributed by atoms with van der Waals surface area (Å²) < 4.78 is 11.5. The molecule has 0 radical (unpaired) electrons. The Balaban J connectivity index is 1.23. The number of nitrogens with one attached hydrogen (secondary N) is 2. The van der Waals surface area contributed by atoms with Crippen LogP contribution in [0.2, 0.25) is 0 Å². The van der Waals surface area contributed by atoms with Crippen molar-refractivity contribution in [3.8, 4) is 34.4 Å². The van der Waals surface area contributed by atoms with Gasteiger partial charge in [0.1, 0.15) is 11.5 Å². The molecule has 0 aliphatic rings. The lowest BCUT2D eigenvalue weighted by Gasteiger charge is -2.02. The SMILES string of the molecule is CC(=O)NCc1ccc(-c2csc(NC(=O)c3ccc(-c4nnc(-c5ccccc5)o4)cc3)n2)o1. The zero-order valence-electron chi connectivity index (χ0n) is 18.5. The number of hydrogen-bond donors (Lipinski definition) is 2. The summed E-state index contributed by atoms with van der Waals surface area (Å²) in [5, 5.41) is 15.9. The number of benzene rings is 2. The Kier molecular flexibility index (Phi) is 6.18. The quantitative estimate of drug-likeness (QED) is 0.332. The highest BCUT2D eigenvalue weighted by Crippen LogP contribution is 2.28. The third-order valence-corrected chi connectivity index (χ3v) is 5.75. The maximum Gasteiger partial charge on any atom is 0.257 e. The molecule has 9 nitrogen and oxygen atoms in total. The van der Waals surface area contributed by atoms with E-state index in [1.54, 1.807) is 41.8 Å². The summed E-state index contributed by atoms with van der Waals surface area (Å²) in [4.78, 5) is 28.2. The van der Waals surface area contributed by atoms with Crippen LogP contribution in [0.5, 0.6) is 0 Å². The molecule has 0 saturated carbocycles. The van der Waals surface area contributed by atoms with Crippen molar-refractivity contribution in [1.29, 1.82) is 0 Å². The fourth-order valence-corrected chi connectivity index (χ4v) is 3.93. The first-order valence-electron chi connectivity index (χ1n) is 10.6. The van der Waals surface area contributed by atoms with E-state index in [9.17, 15) is 9.59 Å². The molecule has 0 bridgehead atoms. The smallest absolute Gasteiger partial charge is 0.257 e. The molecule has 0 aliphatic carbocycles. The van der Waals surface area contributed by atoms with Crippen molar-refractivity contribution < 1.29 is 18.4 Å². The van der Waals surface area contributed by atoms with Crippen LogP contribution in [0.4, 0.5) is 5.13 Å². The summed E-state index contributed by atoms with van der Waals surface area (Å²) in [7, 11) is 0. The van der Waals surface area contributed by atoms with Crippen molar-refractivity contribution in [2.24, 2.45) is 0 Å². The second kappa shape index (κ2) is 9.74. The lowest BCUT2D eigenvalue weighted by Crippen LogP contribution is -2.18. The molecule has 0 fully saturated rings. The van der Waals surface area contributed by atoms with Gasteiger partial charge < -0.3 is 14.2 Å². The van der Waals surface area contributed by atoms with E-state index in [0.29, 0.717) is 51.8 Å². The molecule has 3 heterocycles. The molecule has 0 unspecified atom stereocenters. The number of hydrogen-bond acceptors (Lipinski definition) is 8. The molecule has 35 heavy (non-hydrogen) atoms. The number of nitrogens with zero attached hydrogens (tertiary/aromatic N) is 3. The predicted molar refractivity (Wildman–Crippen MR) is 130 cm³/mol. The molecular weight excluding hydrogens is 466 g/mol. The lowest BCUT2D eigenvalue weighted by molar-refractivity contribution is -0.119. The van der Waals surface area contributed by atoms with Gasteiger partial charge in [0, 0.05) is 29.0 Å². The maximum absolute atomic E-state index is 12.7. The number of carbonyl (C=O) groups excluding carboxylic acids is 2. The van der Waals surface area contributed by atoms with Gasteiger partial charge in [-0.2, -0.15) is 0 Å². The first-order valence-corrected chi connectivity index (χ1v) is 11.5. The normalized spacial score (nSPS) is 10.8. The first-order chi connectivity index (χ1) is 17.0. The van der Waals surface area contributed by atoms with E-state index in [4.69, 9.17) is 8.83 Å². The van der Waals surface area contributed by atoms with Crippen LogP contribution in [0.15, 0.2) is 80.9 Å². The van der Waals surface area contributed by atoms with Crippen LogP contribution < -0.4 is 10.6 Å². The summed E-state index contributed by atoms with van der Waals surface area (Å²) in [6.45, 7) is 1.75. The van der Waals surface area contributed by atoms with Gasteiger partial charge in [-0.15, -0.1) is 21.5 Å². The van der Waals surface area contributed by atoms with Crippen molar-refractivity contribution in [2.45, 2.75) is 13.5 Å². The summed E-state index contributed by atoms with van der Waals surface area (Å²) in [5.41, 5.74) is 2.61. The van der Waals surface area contributed by atoms with Gasteiger partial charge in [-0.25, -0.2) is 4.98 Å². The van der Waals surface area contributed by atoms with Gasteiger partial charge >= 0.3 is 0 Å². The van der Waals surface area contributed by atoms with Crippen LogP contribution in [-0.4, -0.2) is 27.0 Å². The Morgan fingerprint density at radius 3 is 2.31 bits per heavy atom. The van der Waals surface area contributed by atoms with Gasteiger partial charge in [0.05, 0.1) is 6.54 Å². The summed E-state index contributed by atoms with van der Waals surface area (Å²) in [6, 6.07) is 19.9. The van der Waals surface area contributed by atoms with Crippen LogP contribution in [-0.2, 0) is 11.3 Å². The van der Waals surface area contributed by atoms with Crippen molar-refractivity contribution in [3.05, 3.63) is 83.4 Å². The van der Waals surface area contributed by atoms with E-state index in [-0.39, 0.29) is 11.8 Å². The van der Waals surface area contributed by atoms with Crippen LogP contribution in [0.25, 0.3) is 34.4 Å². The number of carbonyl (C=O) groups is 2. The summed E-state index contributed by atoms with van der Waals surface area (Å²) in [6.07, 6.45) is 0. The first kappa shape index (κ1) is 22.2. The Morgan fingerprint density at radius 1 is 0.886 bits per heavy atom. The molecule has 0 aliphatic heterocycles. The van der Waals surface area contributed by atoms with Gasteiger partial charge in [0.2, 0.25) is 17.7 Å². The topological polar surface area (TPSA) is 123 Å². The van der Waals surface area contributed by atoms with E-state index in [2.05, 4.69) is 25.8 Å². The molecule has 5 rings (SSSR count). The van der Waals surface area contributed by atoms with Crippen molar-refractivity contribution in [1.82, 2.24) is 20.5 Å². The predicted octanol–water partition coefficient (Wildman–Crippen LogP) is 5.01. The minimum atomic E-state index is -0.293. The largest absolute Gasteiger partial charge is 0.458 e. The molecule has 174 valence electrons. The fourth-order valence-electron chi connectivity index (χ4n) is 3.24. The van der Waals surface area contributed by atoms with E-state index >= 15 is 0 Å². The monoisotopic (exact) mass is 485 g/mol. The maximum atomic E-state index is 12.7. The fraction of sp³-hybridized carbons (Fsp3) is 0.0800. The molecule has 2 amide bonds. The molecular formula is C25H19N5O4S. The van der Waals surface area contributed by atoms with Crippen LogP contribution >= 0.6 is 11.3 Å². The zero-order chi connectivity index (χ0) is 24.2. The molecule has 2 aromatic carbocycles. The van der Waals surface area contributed by atoms with Gasteiger partial charge in [-0.3, -0.25) is 14.9 Å². The average Bonchev–Trinajstić information content (AvgIpc) is 3.64. The highest BCUT2D eigenvalue weighted by Gasteiger charge is 2.14. The molecule has 3 aromatic heterocycles. The van der Waals surface area contributed by atoms with E-state index < -0.39 is 0 Å². The van der Waals surface area contributed by atoms with Crippen molar-refractivity contribution in [2.75, 3.05) is 5.32 Å². The number of thiazole rings is 1. The molecule has 2 N–H and O–H groups in total. The minimum absolute atomic E-state index is 0.135. The van der Waals surface area contributed by atoms with Crippen molar-refractivity contribution >= 4 is 28.3 Å². The number of aromatic nitrogens is 3. The average molecular weight is 486 g/mol. The van der Waals surface area contributed by atoms with Gasteiger partial charge in [0.25, 0.3) is 5.91 Å². The number of rotatable bonds is 7. The van der Waals surface area contributed by atoms with Gasteiger partial charge in [0.15, 0.2) is 10.9 Å². The highest BCUT2D eigenvalue weighted by atomic mass is 32.1. The summed E-state index contributed by atoms with van der Waals surface area (Å²) in [5.74, 6) is 1.55.